The number of sulfone groups is 1. The lowest BCUT2D eigenvalue weighted by atomic mass is 9.94. The standard InChI is InChI=1S/C9H13NO5S/c1-3-9(2)7(8(12)13)10-5(11)4-6(10)16(9,14)15/h6-7H,3-4H2,1-2H3,(H,12,13)/t6-,7+,9+/m1/s1. The summed E-state index contributed by atoms with van der Waals surface area (Å²) in [5.74, 6) is -1.64. The molecule has 16 heavy (non-hydrogen) atoms. The van der Waals surface area contributed by atoms with Gasteiger partial charge in [-0.25, -0.2) is 13.2 Å². The number of carboxylic acids is 1. The van der Waals surface area contributed by atoms with Gasteiger partial charge in [-0.15, -0.1) is 0 Å². The van der Waals surface area contributed by atoms with Crippen LogP contribution in [0.1, 0.15) is 26.7 Å². The minimum atomic E-state index is -3.58. The van der Waals surface area contributed by atoms with Crippen LogP contribution in [-0.4, -0.2) is 46.5 Å². The van der Waals surface area contributed by atoms with Crippen molar-refractivity contribution in [2.45, 2.75) is 42.9 Å². The molecule has 0 spiro atoms. The summed E-state index contributed by atoms with van der Waals surface area (Å²) in [5.41, 5.74) is 0. The number of nitrogens with zero attached hydrogens (tertiary/aromatic N) is 1. The molecule has 0 aromatic heterocycles. The van der Waals surface area contributed by atoms with Crippen LogP contribution in [0.3, 0.4) is 0 Å². The second kappa shape index (κ2) is 2.97. The fourth-order valence-corrected chi connectivity index (χ4v) is 4.96. The Morgan fingerprint density at radius 2 is 2.19 bits per heavy atom. The van der Waals surface area contributed by atoms with Crippen LogP contribution in [0.4, 0.5) is 0 Å². The normalized spacial score (nSPS) is 40.4. The van der Waals surface area contributed by atoms with Crippen molar-refractivity contribution >= 4 is 21.7 Å². The molecular formula is C9H13NO5S. The summed E-state index contributed by atoms with van der Waals surface area (Å²) in [6, 6.07) is -1.24. The second-order valence-corrected chi connectivity index (χ2v) is 6.98. The Hall–Kier alpha value is -1.11. The second-order valence-electron chi connectivity index (χ2n) is 4.41. The molecule has 6 nitrogen and oxygen atoms in total. The number of rotatable bonds is 2. The van der Waals surface area contributed by atoms with Crippen molar-refractivity contribution in [3.05, 3.63) is 0 Å². The quantitative estimate of drug-likeness (QED) is 0.670. The Morgan fingerprint density at radius 3 is 2.56 bits per heavy atom. The fraction of sp³-hybridized carbons (Fsp3) is 0.778. The molecule has 0 aliphatic carbocycles. The van der Waals surface area contributed by atoms with Crippen LogP contribution in [0.5, 0.6) is 0 Å². The maximum absolute atomic E-state index is 12.1. The molecule has 2 rings (SSSR count). The number of fused-ring (bicyclic) bond motifs is 1. The largest absolute Gasteiger partial charge is 0.480 e. The van der Waals surface area contributed by atoms with E-state index in [1.165, 1.54) is 6.92 Å². The van der Waals surface area contributed by atoms with Gasteiger partial charge in [-0.2, -0.15) is 0 Å². The summed E-state index contributed by atoms with van der Waals surface area (Å²) in [7, 11) is -3.58. The van der Waals surface area contributed by atoms with Crippen LogP contribution < -0.4 is 0 Å². The van der Waals surface area contributed by atoms with Gasteiger partial charge < -0.3 is 10.0 Å². The highest BCUT2D eigenvalue weighted by atomic mass is 32.2. The number of carbonyl (C=O) groups excluding carboxylic acids is 1. The molecule has 90 valence electrons. The third-order valence-corrected chi connectivity index (χ3v) is 6.67. The molecule has 2 saturated heterocycles. The lowest BCUT2D eigenvalue weighted by Crippen LogP contribution is -2.57. The first-order valence-electron chi connectivity index (χ1n) is 5.04. The average Bonchev–Trinajstić information content (AvgIpc) is 2.32. The molecule has 0 aromatic rings. The van der Waals surface area contributed by atoms with Crippen LogP contribution in [0.25, 0.3) is 0 Å². The van der Waals surface area contributed by atoms with Crippen molar-refractivity contribution < 1.29 is 23.1 Å². The zero-order valence-electron chi connectivity index (χ0n) is 9.00. The molecule has 2 heterocycles. The average molecular weight is 247 g/mol. The van der Waals surface area contributed by atoms with Crippen molar-refractivity contribution in [3.63, 3.8) is 0 Å². The van der Waals surface area contributed by atoms with E-state index in [2.05, 4.69) is 0 Å². The Balaban J connectivity index is 2.59. The Labute approximate surface area is 93.1 Å². The van der Waals surface area contributed by atoms with Gasteiger partial charge in [0.15, 0.2) is 9.84 Å². The van der Waals surface area contributed by atoms with Gasteiger partial charge >= 0.3 is 5.97 Å². The summed E-state index contributed by atoms with van der Waals surface area (Å²) in [6.45, 7) is 3.04. The predicted molar refractivity (Wildman–Crippen MR) is 54.3 cm³/mol. The smallest absolute Gasteiger partial charge is 0.328 e. The number of β-lactam (4-membered cyclic amide) rings is 1. The van der Waals surface area contributed by atoms with E-state index >= 15 is 0 Å². The van der Waals surface area contributed by atoms with E-state index in [0.717, 1.165) is 4.90 Å². The predicted octanol–water partition coefficient (Wildman–Crippen LogP) is -0.405. The highest BCUT2D eigenvalue weighted by molar-refractivity contribution is 7.93. The first-order valence-corrected chi connectivity index (χ1v) is 6.59. The van der Waals surface area contributed by atoms with E-state index < -0.39 is 37.9 Å². The van der Waals surface area contributed by atoms with E-state index in [1.54, 1.807) is 6.92 Å². The van der Waals surface area contributed by atoms with Crippen LogP contribution in [-0.2, 0) is 19.4 Å². The van der Waals surface area contributed by atoms with Gasteiger partial charge in [-0.1, -0.05) is 6.92 Å². The van der Waals surface area contributed by atoms with E-state index in [4.69, 9.17) is 5.11 Å². The molecule has 0 bridgehead atoms. The SMILES string of the molecule is CC[C@@]1(C)[C@H](C(=O)O)N2C(=O)C[C@H]2S1(=O)=O. The molecule has 2 aliphatic heterocycles. The fourth-order valence-electron chi connectivity index (χ4n) is 2.51. The zero-order chi connectivity index (χ0) is 12.3. The number of carboxylic acid groups (broad SMARTS) is 1. The Bertz CT molecular complexity index is 470. The van der Waals surface area contributed by atoms with Gasteiger partial charge in [-0.05, 0) is 13.3 Å². The van der Waals surface area contributed by atoms with Crippen LogP contribution in [0.15, 0.2) is 0 Å². The molecule has 0 aromatic carbocycles. The summed E-state index contributed by atoms with van der Waals surface area (Å²) >= 11 is 0. The molecule has 1 N–H and O–H groups in total. The Kier molecular flexibility index (Phi) is 2.11. The molecular weight excluding hydrogens is 234 g/mol. The van der Waals surface area contributed by atoms with E-state index in [9.17, 15) is 18.0 Å². The van der Waals surface area contributed by atoms with Crippen molar-refractivity contribution in [3.8, 4) is 0 Å². The first kappa shape index (κ1) is 11.4. The maximum atomic E-state index is 12.1. The van der Waals surface area contributed by atoms with Crippen molar-refractivity contribution in [2.75, 3.05) is 0 Å². The number of aliphatic carboxylic acids is 1. The molecule has 7 heteroatoms. The zero-order valence-corrected chi connectivity index (χ0v) is 9.82. The van der Waals surface area contributed by atoms with Gasteiger partial charge in [0.1, 0.15) is 16.2 Å². The monoisotopic (exact) mass is 247 g/mol. The minimum Gasteiger partial charge on any atom is -0.480 e. The van der Waals surface area contributed by atoms with E-state index in [1.807, 2.05) is 0 Å². The Morgan fingerprint density at radius 1 is 1.62 bits per heavy atom. The highest BCUT2D eigenvalue weighted by Gasteiger charge is 2.69. The van der Waals surface area contributed by atoms with Crippen molar-refractivity contribution in [1.82, 2.24) is 4.90 Å². The third-order valence-electron chi connectivity index (χ3n) is 3.75. The number of hydrogen-bond donors (Lipinski definition) is 1. The molecule has 0 saturated carbocycles. The summed E-state index contributed by atoms with van der Waals surface area (Å²) in [5, 5.41) is 8.17. The van der Waals surface area contributed by atoms with Gasteiger partial charge in [0.05, 0.1) is 6.42 Å². The molecule has 0 unspecified atom stereocenters. The van der Waals surface area contributed by atoms with E-state index in [-0.39, 0.29) is 12.8 Å². The van der Waals surface area contributed by atoms with Gasteiger partial charge in [0.25, 0.3) is 0 Å². The molecule has 2 fully saturated rings. The highest BCUT2D eigenvalue weighted by Crippen LogP contribution is 2.47. The summed E-state index contributed by atoms with van der Waals surface area (Å²) in [4.78, 5) is 23.5. The van der Waals surface area contributed by atoms with Crippen LogP contribution >= 0.6 is 0 Å². The number of hydrogen-bond acceptors (Lipinski definition) is 4. The molecule has 1 amide bonds. The summed E-state index contributed by atoms with van der Waals surface area (Å²) < 4.78 is 22.9. The van der Waals surface area contributed by atoms with Gasteiger partial charge in [0.2, 0.25) is 5.91 Å². The lowest BCUT2D eigenvalue weighted by Gasteiger charge is -2.35. The summed E-state index contributed by atoms with van der Waals surface area (Å²) in [6.07, 6.45) is 0.105. The van der Waals surface area contributed by atoms with Gasteiger partial charge in [-0.3, -0.25) is 4.79 Å². The number of carbonyl (C=O) groups is 2. The molecule has 2 aliphatic rings. The van der Waals surface area contributed by atoms with Crippen LogP contribution in [0, 0.1) is 0 Å². The number of amides is 1. The minimum absolute atomic E-state index is 0.0816. The first-order chi connectivity index (χ1) is 7.27. The maximum Gasteiger partial charge on any atom is 0.328 e. The third kappa shape index (κ3) is 0.991. The van der Waals surface area contributed by atoms with Crippen molar-refractivity contribution in [1.29, 1.82) is 0 Å². The topological polar surface area (TPSA) is 91.8 Å². The molecule has 0 radical (unpaired) electrons. The molecule has 3 atom stereocenters. The van der Waals surface area contributed by atoms with E-state index in [0.29, 0.717) is 0 Å². The lowest BCUT2D eigenvalue weighted by molar-refractivity contribution is -0.157. The van der Waals surface area contributed by atoms with Crippen molar-refractivity contribution in [2.24, 2.45) is 0 Å². The van der Waals surface area contributed by atoms with Crippen LogP contribution in [0.2, 0.25) is 0 Å². The van der Waals surface area contributed by atoms with Gasteiger partial charge in [0, 0.05) is 0 Å².